The lowest BCUT2D eigenvalue weighted by Gasteiger charge is -2.04. The average molecular weight is 163 g/mol. The molecule has 12 heavy (non-hydrogen) atoms. The van der Waals surface area contributed by atoms with Crippen molar-refractivity contribution in [1.82, 2.24) is 4.98 Å². The molecule has 0 aliphatic carbocycles. The topological polar surface area (TPSA) is 22.1 Å². The Morgan fingerprint density at radius 2 is 2.42 bits per heavy atom. The molecule has 0 aromatic carbocycles. The highest BCUT2D eigenvalue weighted by atomic mass is 16.5. The smallest absolute Gasteiger partial charge is 0.123 e. The lowest BCUT2D eigenvalue weighted by Crippen LogP contribution is -1.97. The van der Waals surface area contributed by atoms with E-state index in [1.807, 2.05) is 26.0 Å². The Bertz CT molecular complexity index is 281. The molecule has 2 heteroatoms. The van der Waals surface area contributed by atoms with Crippen LogP contribution in [0.3, 0.4) is 0 Å². The lowest BCUT2D eigenvalue weighted by atomic mass is 10.3. The molecule has 0 spiro atoms. The zero-order chi connectivity index (χ0) is 8.97. The second-order valence-electron chi connectivity index (χ2n) is 2.88. The Balaban J connectivity index is 2.57. The summed E-state index contributed by atoms with van der Waals surface area (Å²) in [5.41, 5.74) is 1.98. The van der Waals surface area contributed by atoms with Gasteiger partial charge in [-0.1, -0.05) is 6.58 Å². The highest BCUT2D eigenvalue weighted by Crippen LogP contribution is 2.10. The molecule has 1 heterocycles. The van der Waals surface area contributed by atoms with E-state index >= 15 is 0 Å². The summed E-state index contributed by atoms with van der Waals surface area (Å²) in [6, 6.07) is 3.75. The molecule has 0 bridgehead atoms. The second kappa shape index (κ2) is 3.90. The first kappa shape index (κ1) is 8.78. The molecule has 1 rings (SSSR count). The number of aromatic nitrogens is 1. The molecule has 0 aliphatic rings. The molecule has 0 aliphatic heterocycles. The van der Waals surface area contributed by atoms with E-state index in [2.05, 4.69) is 11.6 Å². The Labute approximate surface area is 72.9 Å². The minimum absolute atomic E-state index is 0.573. The van der Waals surface area contributed by atoms with Crippen LogP contribution >= 0.6 is 0 Å². The van der Waals surface area contributed by atoms with E-state index in [4.69, 9.17) is 4.74 Å². The highest BCUT2D eigenvalue weighted by Gasteiger charge is 1.93. The third-order valence-corrected chi connectivity index (χ3v) is 1.35. The maximum atomic E-state index is 5.41. The molecular weight excluding hydrogens is 150 g/mol. The minimum Gasteiger partial charge on any atom is -0.489 e. The van der Waals surface area contributed by atoms with Crippen molar-refractivity contribution in [3.05, 3.63) is 36.2 Å². The Hall–Kier alpha value is -1.31. The van der Waals surface area contributed by atoms with E-state index in [1.165, 1.54) is 0 Å². The average Bonchev–Trinajstić information content (AvgIpc) is 2.01. The third kappa shape index (κ3) is 2.74. The molecule has 2 nitrogen and oxygen atoms in total. The number of hydrogen-bond acceptors (Lipinski definition) is 2. The monoisotopic (exact) mass is 163 g/mol. The maximum Gasteiger partial charge on any atom is 0.123 e. The van der Waals surface area contributed by atoms with Gasteiger partial charge in [-0.2, -0.15) is 0 Å². The van der Waals surface area contributed by atoms with Crippen LogP contribution in [0.25, 0.3) is 0 Å². The van der Waals surface area contributed by atoms with Crippen molar-refractivity contribution >= 4 is 0 Å². The van der Waals surface area contributed by atoms with Gasteiger partial charge in [0.15, 0.2) is 0 Å². The fraction of sp³-hybridized carbons (Fsp3) is 0.300. The van der Waals surface area contributed by atoms with E-state index in [1.54, 1.807) is 6.20 Å². The van der Waals surface area contributed by atoms with Gasteiger partial charge in [-0.05, 0) is 25.5 Å². The van der Waals surface area contributed by atoms with Crippen LogP contribution in [0, 0.1) is 6.92 Å². The van der Waals surface area contributed by atoms with Crippen LogP contribution in [0.15, 0.2) is 30.5 Å². The third-order valence-electron chi connectivity index (χ3n) is 1.35. The first-order chi connectivity index (χ1) is 5.68. The first-order valence-electron chi connectivity index (χ1n) is 3.88. The van der Waals surface area contributed by atoms with Crippen LogP contribution in [0.1, 0.15) is 12.6 Å². The number of hydrogen-bond donors (Lipinski definition) is 0. The van der Waals surface area contributed by atoms with Crippen molar-refractivity contribution in [3.8, 4) is 5.75 Å². The Kier molecular flexibility index (Phi) is 2.86. The highest BCUT2D eigenvalue weighted by molar-refractivity contribution is 5.22. The van der Waals surface area contributed by atoms with Crippen molar-refractivity contribution in [3.63, 3.8) is 0 Å². The van der Waals surface area contributed by atoms with Crippen LogP contribution in [-0.2, 0) is 0 Å². The Morgan fingerprint density at radius 3 is 3.00 bits per heavy atom. The maximum absolute atomic E-state index is 5.41. The SMILES string of the molecule is C=C(C)COc1ccnc(C)c1. The van der Waals surface area contributed by atoms with Gasteiger partial charge in [-0.15, -0.1) is 0 Å². The number of nitrogens with zero attached hydrogens (tertiary/aromatic N) is 1. The molecule has 0 unspecified atom stereocenters. The predicted octanol–water partition coefficient (Wildman–Crippen LogP) is 2.34. The van der Waals surface area contributed by atoms with E-state index in [0.717, 1.165) is 17.0 Å². The predicted molar refractivity (Wildman–Crippen MR) is 49.3 cm³/mol. The standard InChI is InChI=1S/C10H13NO/c1-8(2)7-12-10-4-5-11-9(3)6-10/h4-6H,1,7H2,2-3H3. The van der Waals surface area contributed by atoms with Gasteiger partial charge in [0.2, 0.25) is 0 Å². The normalized spacial score (nSPS) is 9.50. The van der Waals surface area contributed by atoms with Crippen LogP contribution in [0.2, 0.25) is 0 Å². The van der Waals surface area contributed by atoms with E-state index in [0.29, 0.717) is 6.61 Å². The van der Waals surface area contributed by atoms with Gasteiger partial charge < -0.3 is 4.74 Å². The van der Waals surface area contributed by atoms with E-state index in [9.17, 15) is 0 Å². The van der Waals surface area contributed by atoms with Crippen molar-refractivity contribution in [1.29, 1.82) is 0 Å². The number of aryl methyl sites for hydroxylation is 1. The number of rotatable bonds is 3. The molecule has 0 amide bonds. The van der Waals surface area contributed by atoms with Crippen LogP contribution in [0.5, 0.6) is 5.75 Å². The van der Waals surface area contributed by atoms with Crippen molar-refractivity contribution < 1.29 is 4.74 Å². The van der Waals surface area contributed by atoms with E-state index in [-0.39, 0.29) is 0 Å². The number of pyridine rings is 1. The summed E-state index contributed by atoms with van der Waals surface area (Å²) in [6.45, 7) is 8.20. The largest absolute Gasteiger partial charge is 0.489 e. The lowest BCUT2D eigenvalue weighted by molar-refractivity contribution is 0.352. The number of ether oxygens (including phenoxy) is 1. The molecule has 1 aromatic heterocycles. The van der Waals surface area contributed by atoms with Gasteiger partial charge in [-0.25, -0.2) is 0 Å². The summed E-state index contributed by atoms with van der Waals surface area (Å²) < 4.78 is 5.41. The fourth-order valence-electron chi connectivity index (χ4n) is 0.816. The summed E-state index contributed by atoms with van der Waals surface area (Å²) in [5.74, 6) is 0.852. The first-order valence-corrected chi connectivity index (χ1v) is 3.88. The van der Waals surface area contributed by atoms with Crippen LogP contribution in [0.4, 0.5) is 0 Å². The fourth-order valence-corrected chi connectivity index (χ4v) is 0.816. The summed E-state index contributed by atoms with van der Waals surface area (Å²) in [4.78, 5) is 4.06. The molecule has 0 N–H and O–H groups in total. The zero-order valence-electron chi connectivity index (χ0n) is 7.50. The van der Waals surface area contributed by atoms with Gasteiger partial charge in [0.25, 0.3) is 0 Å². The second-order valence-corrected chi connectivity index (χ2v) is 2.88. The summed E-state index contributed by atoms with van der Waals surface area (Å²) >= 11 is 0. The molecular formula is C10H13NO. The molecule has 0 atom stereocenters. The van der Waals surface area contributed by atoms with Gasteiger partial charge in [0.1, 0.15) is 12.4 Å². The summed E-state index contributed by atoms with van der Waals surface area (Å²) in [7, 11) is 0. The molecule has 0 fully saturated rings. The van der Waals surface area contributed by atoms with Gasteiger partial charge in [0.05, 0.1) is 0 Å². The van der Waals surface area contributed by atoms with Crippen molar-refractivity contribution in [2.45, 2.75) is 13.8 Å². The Morgan fingerprint density at radius 1 is 1.67 bits per heavy atom. The summed E-state index contributed by atoms with van der Waals surface area (Å²) in [5, 5.41) is 0. The minimum atomic E-state index is 0.573. The van der Waals surface area contributed by atoms with Crippen molar-refractivity contribution in [2.24, 2.45) is 0 Å². The van der Waals surface area contributed by atoms with Gasteiger partial charge in [-0.3, -0.25) is 4.98 Å². The van der Waals surface area contributed by atoms with Gasteiger partial charge >= 0.3 is 0 Å². The molecule has 0 saturated heterocycles. The quantitative estimate of drug-likeness (QED) is 0.638. The molecule has 1 aromatic rings. The van der Waals surface area contributed by atoms with Crippen molar-refractivity contribution in [2.75, 3.05) is 6.61 Å². The van der Waals surface area contributed by atoms with E-state index < -0.39 is 0 Å². The molecule has 64 valence electrons. The van der Waals surface area contributed by atoms with Gasteiger partial charge in [0, 0.05) is 18.0 Å². The van der Waals surface area contributed by atoms with Crippen LogP contribution in [-0.4, -0.2) is 11.6 Å². The van der Waals surface area contributed by atoms with Crippen LogP contribution < -0.4 is 4.74 Å². The molecule has 0 radical (unpaired) electrons. The molecule has 0 saturated carbocycles. The summed E-state index contributed by atoms with van der Waals surface area (Å²) in [6.07, 6.45) is 1.74. The zero-order valence-corrected chi connectivity index (χ0v) is 7.50.